The molecule has 0 radical (unpaired) electrons. The van der Waals surface area contributed by atoms with Crippen LogP contribution in [-0.4, -0.2) is 30.8 Å². The van der Waals surface area contributed by atoms with E-state index >= 15 is 0 Å². The Balaban J connectivity index is 2.41. The summed E-state index contributed by atoms with van der Waals surface area (Å²) in [5, 5.41) is 0. The zero-order valence-electron chi connectivity index (χ0n) is 7.53. The highest BCUT2D eigenvalue weighted by Gasteiger charge is 1.98. The van der Waals surface area contributed by atoms with E-state index in [9.17, 15) is 0 Å². The minimum Gasteiger partial charge on any atom is -0.369 e. The number of pyridine rings is 1. The standard InChI is InChI=1S/C9H14N2O/c1-11(8-12-2)7-9-5-3-4-6-10-9/h3-6H,7-8H2,1-2H3. The molecule has 0 N–H and O–H groups in total. The lowest BCUT2D eigenvalue weighted by Crippen LogP contribution is -2.20. The maximum atomic E-state index is 4.97. The molecule has 0 atom stereocenters. The van der Waals surface area contributed by atoms with Gasteiger partial charge in [0.15, 0.2) is 0 Å². The van der Waals surface area contributed by atoms with Gasteiger partial charge in [-0.25, -0.2) is 0 Å². The molecule has 1 heterocycles. The fourth-order valence-electron chi connectivity index (χ4n) is 1.03. The first-order chi connectivity index (χ1) is 5.83. The van der Waals surface area contributed by atoms with E-state index in [4.69, 9.17) is 4.74 Å². The van der Waals surface area contributed by atoms with Crippen molar-refractivity contribution in [2.24, 2.45) is 0 Å². The van der Waals surface area contributed by atoms with Gasteiger partial charge < -0.3 is 4.74 Å². The molecule has 0 saturated carbocycles. The van der Waals surface area contributed by atoms with Gasteiger partial charge in [-0.15, -0.1) is 0 Å². The lowest BCUT2D eigenvalue weighted by Gasteiger charge is -2.13. The van der Waals surface area contributed by atoms with Crippen LogP contribution in [0, 0.1) is 0 Å². The van der Waals surface area contributed by atoms with E-state index in [1.54, 1.807) is 13.3 Å². The molecule has 0 saturated heterocycles. The maximum Gasteiger partial charge on any atom is 0.0987 e. The molecule has 0 spiro atoms. The second kappa shape index (κ2) is 4.85. The highest BCUT2D eigenvalue weighted by atomic mass is 16.5. The minimum absolute atomic E-state index is 0.635. The zero-order chi connectivity index (χ0) is 8.81. The van der Waals surface area contributed by atoms with Gasteiger partial charge in [-0.05, 0) is 19.2 Å². The molecule has 0 unspecified atom stereocenters. The minimum atomic E-state index is 0.635. The topological polar surface area (TPSA) is 25.4 Å². The highest BCUT2D eigenvalue weighted by Crippen LogP contribution is 1.97. The van der Waals surface area contributed by atoms with Crippen LogP contribution in [0.1, 0.15) is 5.69 Å². The van der Waals surface area contributed by atoms with Gasteiger partial charge >= 0.3 is 0 Å². The SMILES string of the molecule is COCN(C)Cc1ccccn1. The monoisotopic (exact) mass is 166 g/mol. The van der Waals surface area contributed by atoms with Gasteiger partial charge in [-0.3, -0.25) is 9.88 Å². The summed E-state index contributed by atoms with van der Waals surface area (Å²) < 4.78 is 4.97. The molecule has 0 aliphatic rings. The number of ether oxygens (including phenoxy) is 1. The number of aromatic nitrogens is 1. The third-order valence-corrected chi connectivity index (χ3v) is 1.51. The summed E-state index contributed by atoms with van der Waals surface area (Å²) in [5.41, 5.74) is 1.07. The average Bonchev–Trinajstić information content (AvgIpc) is 2.06. The molecule has 66 valence electrons. The summed E-state index contributed by atoms with van der Waals surface area (Å²) in [4.78, 5) is 6.26. The lowest BCUT2D eigenvalue weighted by molar-refractivity contribution is 0.0763. The molecular formula is C9H14N2O. The average molecular weight is 166 g/mol. The quantitative estimate of drug-likeness (QED) is 0.627. The van der Waals surface area contributed by atoms with Gasteiger partial charge in [0.25, 0.3) is 0 Å². The number of rotatable bonds is 4. The molecule has 0 aromatic carbocycles. The largest absolute Gasteiger partial charge is 0.369 e. The van der Waals surface area contributed by atoms with Gasteiger partial charge in [-0.2, -0.15) is 0 Å². The van der Waals surface area contributed by atoms with Crippen molar-refractivity contribution < 1.29 is 4.74 Å². The molecule has 0 aliphatic heterocycles. The Morgan fingerprint density at radius 1 is 1.50 bits per heavy atom. The van der Waals surface area contributed by atoms with Crippen LogP contribution in [0.2, 0.25) is 0 Å². The Bertz CT molecular complexity index is 213. The zero-order valence-corrected chi connectivity index (χ0v) is 7.53. The van der Waals surface area contributed by atoms with Gasteiger partial charge in [0, 0.05) is 19.9 Å². The molecule has 1 aromatic rings. The fraction of sp³-hybridized carbons (Fsp3) is 0.444. The van der Waals surface area contributed by atoms with Crippen molar-refractivity contribution in [3.05, 3.63) is 30.1 Å². The van der Waals surface area contributed by atoms with Crippen LogP contribution in [0.5, 0.6) is 0 Å². The van der Waals surface area contributed by atoms with Crippen LogP contribution in [0.3, 0.4) is 0 Å². The third kappa shape index (κ3) is 2.98. The fourth-order valence-corrected chi connectivity index (χ4v) is 1.03. The summed E-state index contributed by atoms with van der Waals surface area (Å²) in [7, 11) is 3.69. The Morgan fingerprint density at radius 2 is 2.33 bits per heavy atom. The van der Waals surface area contributed by atoms with Crippen molar-refractivity contribution in [1.82, 2.24) is 9.88 Å². The van der Waals surface area contributed by atoms with Crippen molar-refractivity contribution in [1.29, 1.82) is 0 Å². The summed E-state index contributed by atoms with van der Waals surface area (Å²) in [6.45, 7) is 1.46. The van der Waals surface area contributed by atoms with Crippen LogP contribution in [0.15, 0.2) is 24.4 Å². The number of nitrogens with zero attached hydrogens (tertiary/aromatic N) is 2. The van der Waals surface area contributed by atoms with E-state index in [2.05, 4.69) is 9.88 Å². The number of hydrogen-bond donors (Lipinski definition) is 0. The van der Waals surface area contributed by atoms with Crippen molar-refractivity contribution in [3.63, 3.8) is 0 Å². The van der Waals surface area contributed by atoms with Crippen LogP contribution < -0.4 is 0 Å². The van der Waals surface area contributed by atoms with Gasteiger partial charge in [0.05, 0.1) is 12.4 Å². The second-order valence-corrected chi connectivity index (χ2v) is 2.75. The van der Waals surface area contributed by atoms with E-state index in [1.165, 1.54) is 0 Å². The van der Waals surface area contributed by atoms with E-state index in [1.807, 2.05) is 25.2 Å². The van der Waals surface area contributed by atoms with Gasteiger partial charge in [0.2, 0.25) is 0 Å². The van der Waals surface area contributed by atoms with Crippen molar-refractivity contribution >= 4 is 0 Å². The Kier molecular flexibility index (Phi) is 3.70. The van der Waals surface area contributed by atoms with Crippen molar-refractivity contribution in [3.8, 4) is 0 Å². The molecule has 0 aliphatic carbocycles. The van der Waals surface area contributed by atoms with E-state index in [-0.39, 0.29) is 0 Å². The summed E-state index contributed by atoms with van der Waals surface area (Å²) in [5.74, 6) is 0. The van der Waals surface area contributed by atoms with E-state index in [0.717, 1.165) is 12.2 Å². The third-order valence-electron chi connectivity index (χ3n) is 1.51. The molecule has 1 rings (SSSR count). The molecule has 0 fully saturated rings. The van der Waals surface area contributed by atoms with Crippen LogP contribution in [0.4, 0.5) is 0 Å². The molecule has 0 amide bonds. The number of methoxy groups -OCH3 is 1. The predicted octanol–water partition coefficient (Wildman–Crippen LogP) is 1.12. The molecule has 3 heteroatoms. The first-order valence-electron chi connectivity index (χ1n) is 3.90. The maximum absolute atomic E-state index is 4.97. The normalized spacial score (nSPS) is 10.6. The molecule has 12 heavy (non-hydrogen) atoms. The van der Waals surface area contributed by atoms with Crippen LogP contribution in [-0.2, 0) is 11.3 Å². The Hall–Kier alpha value is -0.930. The smallest absolute Gasteiger partial charge is 0.0987 e. The Labute approximate surface area is 73.0 Å². The van der Waals surface area contributed by atoms with Crippen molar-refractivity contribution in [2.75, 3.05) is 20.9 Å². The van der Waals surface area contributed by atoms with Gasteiger partial charge in [-0.1, -0.05) is 6.07 Å². The highest BCUT2D eigenvalue weighted by molar-refractivity contribution is 5.02. The lowest BCUT2D eigenvalue weighted by atomic mass is 10.3. The number of hydrogen-bond acceptors (Lipinski definition) is 3. The summed E-state index contributed by atoms with van der Waals surface area (Å²) in [6.07, 6.45) is 1.80. The molecular weight excluding hydrogens is 152 g/mol. The Morgan fingerprint density at radius 3 is 2.92 bits per heavy atom. The van der Waals surface area contributed by atoms with Crippen LogP contribution in [0.25, 0.3) is 0 Å². The second-order valence-electron chi connectivity index (χ2n) is 2.75. The van der Waals surface area contributed by atoms with E-state index < -0.39 is 0 Å². The molecule has 0 bridgehead atoms. The predicted molar refractivity (Wildman–Crippen MR) is 47.6 cm³/mol. The molecule has 1 aromatic heterocycles. The first-order valence-corrected chi connectivity index (χ1v) is 3.90. The summed E-state index contributed by atoms with van der Waals surface area (Å²) >= 11 is 0. The van der Waals surface area contributed by atoms with Crippen LogP contribution >= 0.6 is 0 Å². The van der Waals surface area contributed by atoms with E-state index in [0.29, 0.717) is 6.73 Å². The summed E-state index contributed by atoms with van der Waals surface area (Å²) in [6, 6.07) is 5.91. The van der Waals surface area contributed by atoms with Crippen molar-refractivity contribution in [2.45, 2.75) is 6.54 Å². The first kappa shape index (κ1) is 9.16. The van der Waals surface area contributed by atoms with Gasteiger partial charge in [0.1, 0.15) is 0 Å². The molecule has 3 nitrogen and oxygen atoms in total.